The second-order valence-electron chi connectivity index (χ2n) is 6.62. The van der Waals surface area contributed by atoms with E-state index in [0.717, 1.165) is 36.5 Å². The van der Waals surface area contributed by atoms with E-state index in [1.807, 2.05) is 24.0 Å². The van der Waals surface area contributed by atoms with Crippen molar-refractivity contribution < 1.29 is 14.3 Å². The van der Waals surface area contributed by atoms with Crippen LogP contribution in [-0.2, 0) is 0 Å². The molecule has 2 saturated heterocycles. The maximum absolute atomic E-state index is 12.9. The van der Waals surface area contributed by atoms with E-state index in [0.29, 0.717) is 30.9 Å². The van der Waals surface area contributed by atoms with Gasteiger partial charge in [-0.3, -0.25) is 4.79 Å². The summed E-state index contributed by atoms with van der Waals surface area (Å²) in [5.74, 6) is 2.19. The predicted molar refractivity (Wildman–Crippen MR) is 82.6 cm³/mol. The molecule has 0 N–H and O–H groups in total. The number of aryl methyl sites for hydroxylation is 1. The highest BCUT2D eigenvalue weighted by molar-refractivity contribution is 5.96. The van der Waals surface area contributed by atoms with Crippen LogP contribution < -0.4 is 9.47 Å². The van der Waals surface area contributed by atoms with E-state index in [-0.39, 0.29) is 5.91 Å². The summed E-state index contributed by atoms with van der Waals surface area (Å²) in [5, 5.41) is 0. The van der Waals surface area contributed by atoms with E-state index >= 15 is 0 Å². The Labute approximate surface area is 130 Å². The van der Waals surface area contributed by atoms with Gasteiger partial charge in [0.1, 0.15) is 13.2 Å². The van der Waals surface area contributed by atoms with E-state index in [2.05, 4.69) is 11.9 Å². The molecule has 0 radical (unpaired) electrons. The Morgan fingerprint density at radius 3 is 2.64 bits per heavy atom. The van der Waals surface area contributed by atoms with Crippen LogP contribution in [-0.4, -0.2) is 61.6 Å². The first-order valence-electron chi connectivity index (χ1n) is 8.03. The zero-order valence-corrected chi connectivity index (χ0v) is 13.2. The lowest BCUT2D eigenvalue weighted by atomic mass is 10.1. The lowest BCUT2D eigenvalue weighted by molar-refractivity contribution is 0.0772. The Kier molecular flexibility index (Phi) is 3.26. The molecule has 0 bridgehead atoms. The van der Waals surface area contributed by atoms with Gasteiger partial charge in [-0.25, -0.2) is 0 Å². The van der Waals surface area contributed by atoms with Gasteiger partial charge >= 0.3 is 0 Å². The minimum atomic E-state index is 0.122. The number of fused-ring (bicyclic) bond motifs is 2. The molecule has 2 atom stereocenters. The predicted octanol–water partition coefficient (Wildman–Crippen LogP) is 1.54. The molecule has 4 rings (SSSR count). The third-order valence-electron chi connectivity index (χ3n) is 5.23. The Hall–Kier alpha value is -1.75. The highest BCUT2D eigenvalue weighted by Gasteiger charge is 2.41. The maximum atomic E-state index is 12.9. The SMILES string of the molecule is Cc1cc2c(cc1C(=O)N1C[C@@H]3CCN(C)[C@@H]3C1)OCCO2. The fourth-order valence-corrected chi connectivity index (χ4v) is 3.93. The third kappa shape index (κ3) is 2.15. The van der Waals surface area contributed by atoms with Gasteiger partial charge in [-0.1, -0.05) is 0 Å². The highest BCUT2D eigenvalue weighted by Crippen LogP contribution is 2.35. The van der Waals surface area contributed by atoms with E-state index in [4.69, 9.17) is 9.47 Å². The molecule has 0 spiro atoms. The summed E-state index contributed by atoms with van der Waals surface area (Å²) in [6.07, 6.45) is 1.20. The highest BCUT2D eigenvalue weighted by atomic mass is 16.6. The van der Waals surface area contributed by atoms with Gasteiger partial charge in [-0.2, -0.15) is 0 Å². The minimum absolute atomic E-state index is 0.122. The molecule has 3 heterocycles. The van der Waals surface area contributed by atoms with E-state index in [9.17, 15) is 4.79 Å². The van der Waals surface area contributed by atoms with Crippen LogP contribution in [0, 0.1) is 12.8 Å². The van der Waals surface area contributed by atoms with Gasteiger partial charge in [0, 0.05) is 24.7 Å². The van der Waals surface area contributed by atoms with Crippen LogP contribution >= 0.6 is 0 Å². The standard InChI is InChI=1S/C17H22N2O3/c1-11-7-15-16(22-6-5-21-15)8-13(11)17(20)19-9-12-3-4-18(2)14(12)10-19/h7-8,12,14H,3-6,9-10H2,1-2H3/t12-,14+/m0/s1. The van der Waals surface area contributed by atoms with Crippen molar-refractivity contribution >= 4 is 5.91 Å². The van der Waals surface area contributed by atoms with Crippen LogP contribution in [0.2, 0.25) is 0 Å². The minimum Gasteiger partial charge on any atom is -0.486 e. The number of carbonyl (C=O) groups excluding carboxylic acids is 1. The van der Waals surface area contributed by atoms with E-state index in [1.165, 1.54) is 6.42 Å². The number of nitrogens with zero attached hydrogens (tertiary/aromatic N) is 2. The smallest absolute Gasteiger partial charge is 0.254 e. The van der Waals surface area contributed by atoms with Gasteiger partial charge in [0.2, 0.25) is 0 Å². The molecule has 5 heteroatoms. The molecule has 2 fully saturated rings. The third-order valence-corrected chi connectivity index (χ3v) is 5.23. The summed E-state index contributed by atoms with van der Waals surface area (Å²) in [4.78, 5) is 17.3. The van der Waals surface area contributed by atoms with Crippen molar-refractivity contribution in [3.05, 3.63) is 23.3 Å². The van der Waals surface area contributed by atoms with Gasteiger partial charge in [-0.05, 0) is 50.6 Å². The normalized spacial score (nSPS) is 27.1. The second-order valence-corrected chi connectivity index (χ2v) is 6.62. The molecule has 3 aliphatic heterocycles. The fraction of sp³-hybridized carbons (Fsp3) is 0.588. The lowest BCUT2D eigenvalue weighted by Gasteiger charge is -2.23. The Balaban J connectivity index is 1.58. The maximum Gasteiger partial charge on any atom is 0.254 e. The molecule has 3 aliphatic rings. The van der Waals surface area contributed by atoms with Crippen LogP contribution in [0.25, 0.3) is 0 Å². The van der Waals surface area contributed by atoms with Crippen molar-refractivity contribution in [2.24, 2.45) is 5.92 Å². The molecule has 0 aromatic heterocycles. The Morgan fingerprint density at radius 2 is 1.91 bits per heavy atom. The molecule has 0 unspecified atom stereocenters. The van der Waals surface area contributed by atoms with Crippen LogP contribution in [0.1, 0.15) is 22.3 Å². The number of likely N-dealkylation sites (tertiary alicyclic amines) is 2. The Bertz CT molecular complexity index is 616. The van der Waals surface area contributed by atoms with Gasteiger partial charge in [0.25, 0.3) is 5.91 Å². The van der Waals surface area contributed by atoms with Crippen LogP contribution in [0.15, 0.2) is 12.1 Å². The van der Waals surface area contributed by atoms with Crippen LogP contribution in [0.5, 0.6) is 11.5 Å². The first kappa shape index (κ1) is 13.9. The van der Waals surface area contributed by atoms with Gasteiger partial charge in [0.05, 0.1) is 0 Å². The molecule has 1 aromatic carbocycles. The molecule has 0 saturated carbocycles. The summed E-state index contributed by atoms with van der Waals surface area (Å²) in [7, 11) is 2.16. The number of rotatable bonds is 1. The van der Waals surface area contributed by atoms with Crippen molar-refractivity contribution in [3.8, 4) is 11.5 Å². The number of amides is 1. The topological polar surface area (TPSA) is 42.0 Å². The molecular weight excluding hydrogens is 280 g/mol. The van der Waals surface area contributed by atoms with E-state index < -0.39 is 0 Å². The number of carbonyl (C=O) groups is 1. The Morgan fingerprint density at radius 1 is 1.18 bits per heavy atom. The summed E-state index contributed by atoms with van der Waals surface area (Å²) in [5.41, 5.74) is 1.70. The van der Waals surface area contributed by atoms with Crippen molar-refractivity contribution in [2.75, 3.05) is 39.9 Å². The molecule has 1 amide bonds. The monoisotopic (exact) mass is 302 g/mol. The van der Waals surface area contributed by atoms with Crippen molar-refractivity contribution in [1.82, 2.24) is 9.80 Å². The molecule has 1 aromatic rings. The zero-order chi connectivity index (χ0) is 15.3. The van der Waals surface area contributed by atoms with Crippen LogP contribution in [0.4, 0.5) is 0 Å². The molecule has 5 nitrogen and oxygen atoms in total. The van der Waals surface area contributed by atoms with Crippen molar-refractivity contribution in [1.29, 1.82) is 0 Å². The molecule has 0 aliphatic carbocycles. The quantitative estimate of drug-likeness (QED) is 0.789. The largest absolute Gasteiger partial charge is 0.486 e. The number of benzene rings is 1. The summed E-state index contributed by atoms with van der Waals surface area (Å²) < 4.78 is 11.2. The van der Waals surface area contributed by atoms with Gasteiger partial charge < -0.3 is 19.3 Å². The number of likely N-dealkylation sites (N-methyl/N-ethyl adjacent to an activating group) is 1. The average Bonchev–Trinajstić information content (AvgIpc) is 3.08. The van der Waals surface area contributed by atoms with Crippen LogP contribution in [0.3, 0.4) is 0 Å². The fourth-order valence-electron chi connectivity index (χ4n) is 3.93. The number of hydrogen-bond acceptors (Lipinski definition) is 4. The molecule has 22 heavy (non-hydrogen) atoms. The van der Waals surface area contributed by atoms with Gasteiger partial charge in [0.15, 0.2) is 11.5 Å². The summed E-state index contributed by atoms with van der Waals surface area (Å²) in [6, 6.07) is 4.30. The lowest BCUT2D eigenvalue weighted by Crippen LogP contribution is -2.35. The van der Waals surface area contributed by atoms with Gasteiger partial charge in [-0.15, -0.1) is 0 Å². The first-order valence-corrected chi connectivity index (χ1v) is 8.03. The van der Waals surface area contributed by atoms with E-state index in [1.54, 1.807) is 0 Å². The zero-order valence-electron chi connectivity index (χ0n) is 13.2. The summed E-state index contributed by atoms with van der Waals surface area (Å²) >= 11 is 0. The summed E-state index contributed by atoms with van der Waals surface area (Å²) in [6.45, 7) is 5.95. The molecular formula is C17H22N2O3. The molecule has 118 valence electrons. The number of hydrogen-bond donors (Lipinski definition) is 0. The average molecular weight is 302 g/mol. The van der Waals surface area contributed by atoms with Crippen molar-refractivity contribution in [2.45, 2.75) is 19.4 Å². The van der Waals surface area contributed by atoms with Crippen molar-refractivity contribution in [3.63, 3.8) is 0 Å². The first-order chi connectivity index (χ1) is 10.6. The second kappa shape index (κ2) is 5.16. The number of ether oxygens (including phenoxy) is 2.